The number of unbranched alkanes of at least 4 members (excludes halogenated alkanes) is 2. The summed E-state index contributed by atoms with van der Waals surface area (Å²) in [6.07, 6.45) is 2.12. The third-order valence-electron chi connectivity index (χ3n) is 2.19. The van der Waals surface area contributed by atoms with Crippen molar-refractivity contribution in [2.24, 2.45) is 0 Å². The van der Waals surface area contributed by atoms with Crippen LogP contribution in [-0.2, 0) is 6.54 Å². The molecule has 1 amide bonds. The summed E-state index contributed by atoms with van der Waals surface area (Å²) in [4.78, 5) is 11.5. The van der Waals surface area contributed by atoms with E-state index in [0.717, 1.165) is 32.4 Å². The number of hydrogen-bond acceptors (Lipinski definition) is 3. The molecule has 0 aliphatic rings. The van der Waals surface area contributed by atoms with Crippen LogP contribution in [0.3, 0.4) is 0 Å². The van der Waals surface area contributed by atoms with E-state index in [1.54, 1.807) is 11.3 Å². The summed E-state index contributed by atoms with van der Waals surface area (Å²) in [7, 11) is 0. The molecule has 16 heavy (non-hydrogen) atoms. The Morgan fingerprint density at radius 3 is 2.81 bits per heavy atom. The predicted molar refractivity (Wildman–Crippen MR) is 65.9 cm³/mol. The molecule has 3 N–H and O–H groups in total. The van der Waals surface area contributed by atoms with Crippen molar-refractivity contribution in [1.29, 1.82) is 0 Å². The van der Waals surface area contributed by atoms with Crippen molar-refractivity contribution in [3.8, 4) is 0 Å². The Hall–Kier alpha value is -1.07. The highest BCUT2D eigenvalue weighted by molar-refractivity contribution is 7.09. The Kier molecular flexibility index (Phi) is 6.60. The van der Waals surface area contributed by atoms with Gasteiger partial charge in [0.1, 0.15) is 0 Å². The van der Waals surface area contributed by atoms with Crippen LogP contribution in [-0.4, -0.2) is 24.3 Å². The Bertz CT molecular complexity index is 288. The lowest BCUT2D eigenvalue weighted by atomic mass is 10.2. The van der Waals surface area contributed by atoms with Crippen molar-refractivity contribution < 1.29 is 9.90 Å². The molecule has 0 aromatic carbocycles. The van der Waals surface area contributed by atoms with Crippen molar-refractivity contribution in [2.45, 2.75) is 25.8 Å². The van der Waals surface area contributed by atoms with E-state index < -0.39 is 6.09 Å². The van der Waals surface area contributed by atoms with Crippen molar-refractivity contribution in [3.63, 3.8) is 0 Å². The van der Waals surface area contributed by atoms with Gasteiger partial charge in [0.25, 0.3) is 0 Å². The molecule has 90 valence electrons. The lowest BCUT2D eigenvalue weighted by Crippen LogP contribution is -2.22. The van der Waals surface area contributed by atoms with E-state index >= 15 is 0 Å². The molecule has 0 saturated heterocycles. The standard InChI is InChI=1S/C11H18N2O2S/c14-11(15)13-7-3-1-2-6-12-9-10-5-4-8-16-10/h4-5,8,12-13H,1-3,6-7,9H2,(H,14,15). The lowest BCUT2D eigenvalue weighted by molar-refractivity contribution is 0.194. The Balaban J connectivity index is 1.83. The highest BCUT2D eigenvalue weighted by Crippen LogP contribution is 2.07. The third-order valence-corrected chi connectivity index (χ3v) is 3.06. The topological polar surface area (TPSA) is 61.4 Å². The summed E-state index contributed by atoms with van der Waals surface area (Å²) in [6.45, 7) is 2.48. The molecular weight excluding hydrogens is 224 g/mol. The van der Waals surface area contributed by atoms with Crippen LogP contribution in [0, 0.1) is 0 Å². The van der Waals surface area contributed by atoms with Crippen LogP contribution >= 0.6 is 11.3 Å². The summed E-state index contributed by atoms with van der Waals surface area (Å²) in [5, 5.41) is 16.1. The first-order chi connectivity index (χ1) is 7.79. The van der Waals surface area contributed by atoms with Gasteiger partial charge in [-0.15, -0.1) is 11.3 Å². The number of carbonyl (C=O) groups is 1. The van der Waals surface area contributed by atoms with Gasteiger partial charge in [0, 0.05) is 18.0 Å². The first-order valence-electron chi connectivity index (χ1n) is 5.49. The summed E-state index contributed by atoms with van der Waals surface area (Å²) < 4.78 is 0. The van der Waals surface area contributed by atoms with Crippen LogP contribution in [0.15, 0.2) is 17.5 Å². The van der Waals surface area contributed by atoms with E-state index in [0.29, 0.717) is 6.54 Å². The van der Waals surface area contributed by atoms with Gasteiger partial charge in [-0.1, -0.05) is 12.5 Å². The van der Waals surface area contributed by atoms with Crippen molar-refractivity contribution in [3.05, 3.63) is 22.4 Å². The van der Waals surface area contributed by atoms with Crippen LogP contribution in [0.2, 0.25) is 0 Å². The van der Waals surface area contributed by atoms with E-state index in [-0.39, 0.29) is 0 Å². The van der Waals surface area contributed by atoms with E-state index in [9.17, 15) is 4.79 Å². The SMILES string of the molecule is O=C(O)NCCCCCNCc1cccs1. The van der Waals surface area contributed by atoms with Gasteiger partial charge in [-0.2, -0.15) is 0 Å². The second-order valence-corrected chi connectivity index (χ2v) is 4.58. The normalized spacial score (nSPS) is 10.2. The molecule has 1 heterocycles. The first-order valence-corrected chi connectivity index (χ1v) is 6.37. The van der Waals surface area contributed by atoms with Crippen LogP contribution in [0.4, 0.5) is 4.79 Å². The largest absolute Gasteiger partial charge is 0.465 e. The molecule has 0 fully saturated rings. The first kappa shape index (κ1) is 13.0. The summed E-state index contributed by atoms with van der Waals surface area (Å²) in [6, 6.07) is 4.17. The molecular formula is C11H18N2O2S. The molecule has 5 heteroatoms. The number of nitrogens with one attached hydrogen (secondary N) is 2. The van der Waals surface area contributed by atoms with Crippen LogP contribution in [0.25, 0.3) is 0 Å². The molecule has 1 aromatic rings. The average molecular weight is 242 g/mol. The number of thiophene rings is 1. The van der Waals surface area contributed by atoms with Gasteiger partial charge in [-0.05, 0) is 30.8 Å². The second kappa shape index (κ2) is 8.13. The van der Waals surface area contributed by atoms with Crippen molar-refractivity contribution in [2.75, 3.05) is 13.1 Å². The van der Waals surface area contributed by atoms with Gasteiger partial charge in [0.05, 0.1) is 0 Å². The fraction of sp³-hybridized carbons (Fsp3) is 0.545. The Labute approximate surface area is 99.7 Å². The minimum absolute atomic E-state index is 0.556. The molecule has 0 aliphatic carbocycles. The van der Waals surface area contributed by atoms with E-state index in [2.05, 4.69) is 28.1 Å². The fourth-order valence-electron chi connectivity index (χ4n) is 1.37. The minimum Gasteiger partial charge on any atom is -0.465 e. The summed E-state index contributed by atoms with van der Waals surface area (Å²) >= 11 is 1.76. The van der Waals surface area contributed by atoms with Gasteiger partial charge < -0.3 is 15.7 Å². The second-order valence-electron chi connectivity index (χ2n) is 3.55. The van der Waals surface area contributed by atoms with Crippen LogP contribution in [0.5, 0.6) is 0 Å². The number of carboxylic acid groups (broad SMARTS) is 1. The average Bonchev–Trinajstić information content (AvgIpc) is 2.74. The van der Waals surface area contributed by atoms with Gasteiger partial charge >= 0.3 is 6.09 Å². The zero-order valence-electron chi connectivity index (χ0n) is 9.24. The Morgan fingerprint density at radius 2 is 2.12 bits per heavy atom. The summed E-state index contributed by atoms with van der Waals surface area (Å²) in [5.41, 5.74) is 0. The van der Waals surface area contributed by atoms with Crippen molar-refractivity contribution >= 4 is 17.4 Å². The van der Waals surface area contributed by atoms with Gasteiger partial charge in [-0.3, -0.25) is 0 Å². The fourth-order valence-corrected chi connectivity index (χ4v) is 2.05. The molecule has 0 radical (unpaired) electrons. The molecule has 0 bridgehead atoms. The maximum atomic E-state index is 10.1. The highest BCUT2D eigenvalue weighted by atomic mass is 32.1. The van der Waals surface area contributed by atoms with E-state index in [4.69, 9.17) is 5.11 Å². The number of amides is 1. The summed E-state index contributed by atoms with van der Waals surface area (Å²) in [5.74, 6) is 0. The van der Waals surface area contributed by atoms with Gasteiger partial charge in [0.15, 0.2) is 0 Å². The van der Waals surface area contributed by atoms with Crippen molar-refractivity contribution in [1.82, 2.24) is 10.6 Å². The van der Waals surface area contributed by atoms with Crippen LogP contribution in [0.1, 0.15) is 24.1 Å². The monoisotopic (exact) mass is 242 g/mol. The molecule has 1 rings (SSSR count). The Morgan fingerprint density at radius 1 is 1.31 bits per heavy atom. The van der Waals surface area contributed by atoms with E-state index in [1.807, 2.05) is 0 Å². The number of hydrogen-bond donors (Lipinski definition) is 3. The van der Waals surface area contributed by atoms with Gasteiger partial charge in [0.2, 0.25) is 0 Å². The quantitative estimate of drug-likeness (QED) is 0.613. The number of rotatable bonds is 8. The predicted octanol–water partition coefficient (Wildman–Crippen LogP) is 2.28. The lowest BCUT2D eigenvalue weighted by Gasteiger charge is -2.03. The smallest absolute Gasteiger partial charge is 0.404 e. The molecule has 0 spiro atoms. The zero-order valence-corrected chi connectivity index (χ0v) is 10.1. The molecule has 0 atom stereocenters. The highest BCUT2D eigenvalue weighted by Gasteiger charge is 1.95. The molecule has 0 aliphatic heterocycles. The van der Waals surface area contributed by atoms with Gasteiger partial charge in [-0.25, -0.2) is 4.79 Å². The molecule has 1 aromatic heterocycles. The molecule has 0 unspecified atom stereocenters. The third kappa shape index (κ3) is 6.42. The molecule has 0 saturated carbocycles. The maximum Gasteiger partial charge on any atom is 0.404 e. The van der Waals surface area contributed by atoms with E-state index in [1.165, 1.54) is 4.88 Å². The zero-order chi connectivity index (χ0) is 11.6. The van der Waals surface area contributed by atoms with Crippen LogP contribution < -0.4 is 10.6 Å². The minimum atomic E-state index is -0.934. The molecule has 4 nitrogen and oxygen atoms in total. The maximum absolute atomic E-state index is 10.1.